The maximum Gasteiger partial charge on any atom is 0.396 e. The van der Waals surface area contributed by atoms with Crippen molar-refractivity contribution in [2.45, 2.75) is 58.0 Å². The molecule has 0 heterocycles. The van der Waals surface area contributed by atoms with Gasteiger partial charge in [0.1, 0.15) is 0 Å². The Balaban J connectivity index is 0.00000242. The fourth-order valence-electron chi connectivity index (χ4n) is 2.68. The molecule has 1 aromatic rings. The van der Waals surface area contributed by atoms with E-state index in [2.05, 4.69) is 29.4 Å². The van der Waals surface area contributed by atoms with Gasteiger partial charge in [0.2, 0.25) is 0 Å². The van der Waals surface area contributed by atoms with Crippen molar-refractivity contribution in [3.63, 3.8) is 0 Å². The van der Waals surface area contributed by atoms with Crippen LogP contribution in [0.3, 0.4) is 0 Å². The Kier molecular flexibility index (Phi) is 14.0. The molecule has 0 atom stereocenters. The van der Waals surface area contributed by atoms with Gasteiger partial charge in [-0.3, -0.25) is 0 Å². The summed E-state index contributed by atoms with van der Waals surface area (Å²) in [5.74, 6) is 1.19. The highest BCUT2D eigenvalue weighted by atomic mass is 79.9. The van der Waals surface area contributed by atoms with Gasteiger partial charge in [0.05, 0.1) is 6.04 Å². The predicted octanol–water partition coefficient (Wildman–Crippen LogP) is -3.68. The number of benzene rings is 1. The maximum absolute atomic E-state index is 5.94. The van der Waals surface area contributed by atoms with E-state index in [9.17, 15) is 0 Å². The maximum atomic E-state index is 5.94. The van der Waals surface area contributed by atoms with Crippen LogP contribution in [-0.4, -0.2) is 17.0 Å². The fourth-order valence-corrected chi connectivity index (χ4v) is 3.69. The van der Waals surface area contributed by atoms with Crippen LogP contribution in [0.1, 0.15) is 51.0 Å². The highest BCUT2D eigenvalue weighted by Gasteiger charge is 2.22. The minimum atomic E-state index is 0. The van der Waals surface area contributed by atoms with Crippen LogP contribution in [0.15, 0.2) is 24.3 Å². The number of halogens is 3. The molecule has 6 heteroatoms. The Morgan fingerprint density at radius 3 is 2.43 bits per heavy atom. The van der Waals surface area contributed by atoms with Crippen LogP contribution in [0, 0.1) is 0 Å². The van der Waals surface area contributed by atoms with Crippen molar-refractivity contribution in [2.75, 3.05) is 5.75 Å². The quantitative estimate of drug-likeness (QED) is 0.326. The van der Waals surface area contributed by atoms with Crippen LogP contribution in [-0.2, 0) is 6.54 Å². The van der Waals surface area contributed by atoms with Crippen LogP contribution < -0.4 is 44.3 Å². The largest absolute Gasteiger partial charge is 1.00 e. The molecular formula is C17H27Br2ClN2S. The van der Waals surface area contributed by atoms with Crippen LogP contribution in [0.5, 0.6) is 0 Å². The van der Waals surface area contributed by atoms with Gasteiger partial charge in [-0.05, 0) is 44.2 Å². The first-order chi connectivity index (χ1) is 10.3. The average molecular weight is 487 g/mol. The third-order valence-corrected chi connectivity index (χ3v) is 5.33. The van der Waals surface area contributed by atoms with Gasteiger partial charge in [0.25, 0.3) is 0 Å². The lowest BCUT2D eigenvalue weighted by atomic mass is 9.96. The summed E-state index contributed by atoms with van der Waals surface area (Å²) in [5, 5.41) is 4.64. The Morgan fingerprint density at radius 2 is 1.83 bits per heavy atom. The molecule has 23 heavy (non-hydrogen) atoms. The highest BCUT2D eigenvalue weighted by molar-refractivity contribution is 8.13. The van der Waals surface area contributed by atoms with E-state index in [4.69, 9.17) is 11.6 Å². The molecule has 3 N–H and O–H groups in total. The highest BCUT2D eigenvalue weighted by Crippen LogP contribution is 2.15. The fraction of sp³-hybridized carbons (Fsp3) is 0.588. The smallest absolute Gasteiger partial charge is 0.396 e. The SMILES string of the molecule is CCCSC(=[NH+]Cc1ccc(Cl)cc1)[NH2+]C1CCCCC1.[Br-].[Br-]. The topological polar surface area (TPSA) is 30.6 Å². The Morgan fingerprint density at radius 1 is 1.17 bits per heavy atom. The van der Waals surface area contributed by atoms with Gasteiger partial charge >= 0.3 is 5.17 Å². The molecule has 1 fully saturated rings. The van der Waals surface area contributed by atoms with Crippen molar-refractivity contribution in [2.24, 2.45) is 0 Å². The second-order valence-corrected chi connectivity index (χ2v) is 7.33. The number of nitrogens with two attached hydrogens (primary N) is 1. The molecule has 0 spiro atoms. The normalized spacial score (nSPS) is 15.7. The van der Waals surface area contributed by atoms with Crippen LogP contribution >= 0.6 is 23.4 Å². The Labute approximate surface area is 170 Å². The monoisotopic (exact) mass is 484 g/mol. The number of nitrogens with one attached hydrogen (secondary N) is 1. The van der Waals surface area contributed by atoms with Crippen LogP contribution in [0.2, 0.25) is 5.02 Å². The molecule has 1 saturated carbocycles. The van der Waals surface area contributed by atoms with E-state index in [1.807, 2.05) is 23.9 Å². The summed E-state index contributed by atoms with van der Waals surface area (Å²) in [4.78, 5) is 3.62. The number of quaternary nitrogens is 1. The Bertz CT molecular complexity index is 448. The zero-order valence-electron chi connectivity index (χ0n) is 13.7. The van der Waals surface area contributed by atoms with Crippen molar-refractivity contribution in [1.82, 2.24) is 0 Å². The van der Waals surface area contributed by atoms with Crippen molar-refractivity contribution in [1.29, 1.82) is 0 Å². The van der Waals surface area contributed by atoms with Gasteiger partial charge < -0.3 is 34.0 Å². The van der Waals surface area contributed by atoms with E-state index >= 15 is 0 Å². The second-order valence-electron chi connectivity index (χ2n) is 5.76. The van der Waals surface area contributed by atoms with E-state index < -0.39 is 0 Å². The van der Waals surface area contributed by atoms with Gasteiger partial charge in [0, 0.05) is 28.1 Å². The lowest BCUT2D eigenvalue weighted by Crippen LogP contribution is -3.02. The number of rotatable bonds is 5. The summed E-state index contributed by atoms with van der Waals surface area (Å²) >= 11 is 7.90. The molecule has 1 aromatic carbocycles. The lowest BCUT2D eigenvalue weighted by molar-refractivity contribution is -0.640. The molecule has 0 aliphatic heterocycles. The summed E-state index contributed by atoms with van der Waals surface area (Å²) in [5.41, 5.74) is 1.28. The van der Waals surface area contributed by atoms with E-state index in [1.165, 1.54) is 55.0 Å². The van der Waals surface area contributed by atoms with Crippen molar-refractivity contribution in [3.05, 3.63) is 34.9 Å². The molecule has 0 aromatic heterocycles. The van der Waals surface area contributed by atoms with E-state index in [1.54, 1.807) is 0 Å². The predicted molar refractivity (Wildman–Crippen MR) is 92.7 cm³/mol. The minimum absolute atomic E-state index is 0. The van der Waals surface area contributed by atoms with E-state index in [-0.39, 0.29) is 34.0 Å². The number of thioether (sulfide) groups is 1. The van der Waals surface area contributed by atoms with E-state index in [0.29, 0.717) is 0 Å². The number of amidine groups is 1. The van der Waals surface area contributed by atoms with Gasteiger partial charge in [-0.1, -0.05) is 37.1 Å². The second kappa shape index (κ2) is 13.7. The van der Waals surface area contributed by atoms with Crippen molar-refractivity contribution in [3.8, 4) is 0 Å². The Hall–Kier alpha value is 0.450. The molecule has 132 valence electrons. The molecule has 2 nitrogen and oxygen atoms in total. The standard InChI is InChI=1S/C17H25ClN2S.2BrH/c1-2-12-21-17(20-16-6-4-3-5-7-16)19-13-14-8-10-15(18)11-9-14;;/h8-11,16H,2-7,12-13H2,1H3,(H,19,20);2*1H. The average Bonchev–Trinajstić information content (AvgIpc) is 2.52. The minimum Gasteiger partial charge on any atom is -1.00 e. The summed E-state index contributed by atoms with van der Waals surface area (Å²) in [6.45, 7) is 3.12. The van der Waals surface area contributed by atoms with Gasteiger partial charge in [-0.2, -0.15) is 4.99 Å². The first-order valence-electron chi connectivity index (χ1n) is 8.11. The van der Waals surface area contributed by atoms with Gasteiger partial charge in [-0.15, -0.1) is 0 Å². The van der Waals surface area contributed by atoms with Crippen molar-refractivity contribution >= 4 is 28.5 Å². The van der Waals surface area contributed by atoms with Gasteiger partial charge in [0.15, 0.2) is 6.54 Å². The molecular weight excluding hydrogens is 460 g/mol. The molecule has 0 saturated heterocycles. The molecule has 2 rings (SSSR count). The van der Waals surface area contributed by atoms with E-state index in [0.717, 1.165) is 17.6 Å². The van der Waals surface area contributed by atoms with Crippen LogP contribution in [0.4, 0.5) is 0 Å². The first kappa shape index (κ1) is 23.4. The zero-order valence-corrected chi connectivity index (χ0v) is 18.4. The first-order valence-corrected chi connectivity index (χ1v) is 9.47. The molecule has 1 aliphatic carbocycles. The zero-order chi connectivity index (χ0) is 14.9. The van der Waals surface area contributed by atoms with Crippen molar-refractivity contribution < 1.29 is 44.3 Å². The third kappa shape index (κ3) is 9.49. The molecule has 0 amide bonds. The molecule has 0 bridgehead atoms. The van der Waals surface area contributed by atoms with Gasteiger partial charge in [-0.25, -0.2) is 5.32 Å². The molecule has 0 unspecified atom stereocenters. The summed E-state index contributed by atoms with van der Waals surface area (Å²) in [6.07, 6.45) is 8.14. The molecule has 0 radical (unpaired) electrons. The lowest BCUT2D eigenvalue weighted by Gasteiger charge is -2.18. The number of hydrogen-bond donors (Lipinski definition) is 2. The molecule has 1 aliphatic rings. The summed E-state index contributed by atoms with van der Waals surface area (Å²) in [6, 6.07) is 8.89. The third-order valence-electron chi connectivity index (χ3n) is 3.88. The van der Waals surface area contributed by atoms with Crippen LogP contribution in [0.25, 0.3) is 0 Å². The summed E-state index contributed by atoms with van der Waals surface area (Å²) < 4.78 is 0. The number of hydrogen-bond acceptors (Lipinski definition) is 1. The summed E-state index contributed by atoms with van der Waals surface area (Å²) in [7, 11) is 0.